The van der Waals surface area contributed by atoms with Gasteiger partial charge in [-0.25, -0.2) is 23.1 Å². The first-order chi connectivity index (χ1) is 21.5. The van der Waals surface area contributed by atoms with Crippen LogP contribution in [0.15, 0.2) is 64.1 Å². The van der Waals surface area contributed by atoms with Gasteiger partial charge in [-0.15, -0.1) is 0 Å². The van der Waals surface area contributed by atoms with Crippen LogP contribution in [0.5, 0.6) is 0 Å². The van der Waals surface area contributed by atoms with E-state index in [0.717, 1.165) is 5.57 Å². The molecule has 0 saturated carbocycles. The molecule has 1 fully saturated rings. The Hall–Kier alpha value is -4.67. The number of carbonyl (C=O) groups is 1. The number of aromatic nitrogens is 3. The lowest BCUT2D eigenvalue weighted by molar-refractivity contribution is -0.128. The second kappa shape index (κ2) is 12.7. The van der Waals surface area contributed by atoms with Crippen molar-refractivity contribution in [2.24, 2.45) is 10.9 Å². The van der Waals surface area contributed by atoms with Gasteiger partial charge in [0.25, 0.3) is 0 Å². The number of anilines is 2. The van der Waals surface area contributed by atoms with E-state index in [9.17, 15) is 9.59 Å². The Morgan fingerprint density at radius 1 is 1.16 bits per heavy atom. The molecule has 2 atom stereocenters. The van der Waals surface area contributed by atoms with Crippen molar-refractivity contribution in [2.45, 2.75) is 59.5 Å². The molecule has 0 spiro atoms. The second-order valence-corrected chi connectivity index (χ2v) is 11.8. The van der Waals surface area contributed by atoms with Crippen LogP contribution in [0.25, 0.3) is 28.0 Å². The minimum absolute atomic E-state index is 0.0175. The molecule has 236 valence electrons. The molecule has 2 aromatic heterocycles. The Morgan fingerprint density at radius 3 is 2.58 bits per heavy atom. The molecular formula is C34H39F2N7O2. The van der Waals surface area contributed by atoms with E-state index in [2.05, 4.69) is 28.6 Å². The minimum atomic E-state index is -0.759. The highest BCUT2D eigenvalue weighted by Gasteiger charge is 2.34. The number of rotatable bonds is 4. The van der Waals surface area contributed by atoms with Crippen molar-refractivity contribution in [1.29, 1.82) is 0 Å². The molecule has 5 rings (SSSR count). The quantitative estimate of drug-likeness (QED) is 0.285. The summed E-state index contributed by atoms with van der Waals surface area (Å²) in [6, 6.07) is 5.28. The van der Waals surface area contributed by atoms with Gasteiger partial charge >= 0.3 is 5.69 Å². The molecule has 1 aromatic carbocycles. The number of nitrogens with one attached hydrogen (secondary N) is 1. The first-order valence-corrected chi connectivity index (χ1v) is 15.2. The molecule has 2 aliphatic rings. The van der Waals surface area contributed by atoms with Crippen LogP contribution in [0, 0.1) is 17.6 Å². The van der Waals surface area contributed by atoms with E-state index in [1.165, 1.54) is 22.8 Å². The lowest BCUT2D eigenvalue weighted by Crippen LogP contribution is -2.58. The van der Waals surface area contributed by atoms with Crippen molar-refractivity contribution in [1.82, 2.24) is 19.4 Å². The van der Waals surface area contributed by atoms with Crippen molar-refractivity contribution < 1.29 is 13.6 Å². The van der Waals surface area contributed by atoms with Crippen LogP contribution < -0.4 is 15.9 Å². The molecule has 11 heteroatoms. The van der Waals surface area contributed by atoms with E-state index >= 15 is 8.78 Å². The van der Waals surface area contributed by atoms with Gasteiger partial charge in [0.2, 0.25) is 5.91 Å². The summed E-state index contributed by atoms with van der Waals surface area (Å²) in [5, 5.41) is 3.54. The summed E-state index contributed by atoms with van der Waals surface area (Å²) in [7, 11) is 0. The molecule has 1 N–H and O–H groups in total. The molecule has 0 unspecified atom stereocenters. The minimum Gasteiger partial charge on any atom is -0.384 e. The lowest BCUT2D eigenvalue weighted by atomic mass is 9.98. The normalized spacial score (nSPS) is 20.8. The summed E-state index contributed by atoms with van der Waals surface area (Å²) in [5.74, 6) is -1.48. The fourth-order valence-electron chi connectivity index (χ4n) is 6.31. The number of fused-ring (bicyclic) bond motifs is 3. The Labute approximate surface area is 261 Å². The SMILES string of the molecule is C=CC(=O)N1C[C@H](C)N(c2nc(=O)n3c4nc(c(F)cc24)-c2c(F)cccc2NCCCC(=C/C)/C3=C(\N=C)C(C)C)C[C@H]1C. The zero-order chi connectivity index (χ0) is 32.6. The van der Waals surface area contributed by atoms with Crippen LogP contribution in [0.1, 0.15) is 47.5 Å². The van der Waals surface area contributed by atoms with Crippen molar-refractivity contribution in [3.05, 3.63) is 76.4 Å². The van der Waals surface area contributed by atoms with Gasteiger partial charge < -0.3 is 15.1 Å². The second-order valence-electron chi connectivity index (χ2n) is 11.8. The molecule has 2 bridgehead atoms. The number of benzene rings is 1. The molecule has 1 saturated heterocycles. The highest BCUT2D eigenvalue weighted by atomic mass is 19.1. The number of piperazine rings is 1. The predicted molar refractivity (Wildman–Crippen MR) is 176 cm³/mol. The number of halogens is 2. The van der Waals surface area contributed by atoms with E-state index in [-0.39, 0.29) is 52.0 Å². The van der Waals surface area contributed by atoms with Gasteiger partial charge in [-0.3, -0.25) is 9.79 Å². The highest BCUT2D eigenvalue weighted by Crippen LogP contribution is 2.38. The first kappa shape index (κ1) is 31.7. The zero-order valence-corrected chi connectivity index (χ0v) is 26.4. The maximum absolute atomic E-state index is 16.3. The maximum atomic E-state index is 16.3. The Kier molecular flexibility index (Phi) is 8.99. The Bertz CT molecular complexity index is 1810. The molecule has 0 radical (unpaired) electrons. The standard InChI is InChI=1S/C34H39F2N7O2/c1-8-22-12-11-15-38-26-14-10-13-24(35)28(26)30-25(36)16-23-32(42-18-20(5)41(17-21(42)6)27(44)9-2)40-34(45)43(33(23)39-30)31(22)29(37-7)19(3)4/h8-10,13-14,16,19-21,38H,2,7,11-12,15,17-18H2,1,3-6H3/b22-8-,31-29+/t20-,21+/m1/s1. The smallest absolute Gasteiger partial charge is 0.355 e. The monoisotopic (exact) mass is 615 g/mol. The van der Waals surface area contributed by atoms with E-state index in [1.807, 2.05) is 45.6 Å². The fourth-order valence-corrected chi connectivity index (χ4v) is 6.31. The summed E-state index contributed by atoms with van der Waals surface area (Å²) in [5.41, 5.74) is 1.53. The number of aliphatic imine (C=N–C) groups is 1. The maximum Gasteiger partial charge on any atom is 0.355 e. The van der Waals surface area contributed by atoms with Crippen molar-refractivity contribution >= 4 is 40.9 Å². The Balaban J connectivity index is 1.90. The van der Waals surface area contributed by atoms with Gasteiger partial charge in [0.05, 0.1) is 22.3 Å². The summed E-state index contributed by atoms with van der Waals surface area (Å²) < 4.78 is 33.1. The lowest BCUT2D eigenvalue weighted by Gasteiger charge is -2.44. The predicted octanol–water partition coefficient (Wildman–Crippen LogP) is 6.03. The van der Waals surface area contributed by atoms with Gasteiger partial charge in [0.1, 0.15) is 17.3 Å². The van der Waals surface area contributed by atoms with Gasteiger partial charge in [-0.2, -0.15) is 4.98 Å². The van der Waals surface area contributed by atoms with Gasteiger partial charge in [-0.1, -0.05) is 32.6 Å². The molecule has 9 nitrogen and oxygen atoms in total. The number of nitrogens with zero attached hydrogens (tertiary/aromatic N) is 6. The van der Waals surface area contributed by atoms with Crippen LogP contribution in [-0.2, 0) is 4.79 Å². The number of hydrogen-bond donors (Lipinski definition) is 1. The number of amides is 1. The van der Waals surface area contributed by atoms with Gasteiger partial charge in [-0.05, 0) is 76.1 Å². The van der Waals surface area contributed by atoms with E-state index in [1.54, 1.807) is 17.0 Å². The highest BCUT2D eigenvalue weighted by molar-refractivity contribution is 5.93. The number of hydrogen-bond acceptors (Lipinski definition) is 7. The average molecular weight is 616 g/mol. The summed E-state index contributed by atoms with van der Waals surface area (Å²) in [4.78, 5) is 44.1. The first-order valence-electron chi connectivity index (χ1n) is 15.2. The topological polar surface area (TPSA) is 95.7 Å². The molecule has 0 aliphatic carbocycles. The van der Waals surface area contributed by atoms with Crippen LogP contribution in [0.4, 0.5) is 20.3 Å². The summed E-state index contributed by atoms with van der Waals surface area (Å²) in [6.45, 7) is 18.2. The van der Waals surface area contributed by atoms with Crippen molar-refractivity contribution in [3.8, 4) is 11.3 Å². The number of carbonyl (C=O) groups excluding carboxylic acids is 1. The van der Waals surface area contributed by atoms with Crippen LogP contribution in [0.2, 0.25) is 0 Å². The fraction of sp³-hybridized carbons (Fsp3) is 0.382. The number of allylic oxidation sites excluding steroid dienone is 4. The van der Waals surface area contributed by atoms with Crippen LogP contribution in [0.3, 0.4) is 0 Å². The molecule has 2 aliphatic heterocycles. The molecule has 3 aromatic rings. The molecule has 4 heterocycles. The third-order valence-corrected chi connectivity index (χ3v) is 8.54. The van der Waals surface area contributed by atoms with E-state index < -0.39 is 17.3 Å². The third kappa shape index (κ3) is 5.67. The van der Waals surface area contributed by atoms with Gasteiger partial charge in [0.15, 0.2) is 11.5 Å². The Morgan fingerprint density at radius 2 is 1.91 bits per heavy atom. The van der Waals surface area contributed by atoms with Crippen molar-refractivity contribution in [2.75, 3.05) is 29.9 Å². The van der Waals surface area contributed by atoms with Crippen LogP contribution >= 0.6 is 0 Å². The van der Waals surface area contributed by atoms with Crippen molar-refractivity contribution in [3.63, 3.8) is 0 Å². The van der Waals surface area contributed by atoms with E-state index in [4.69, 9.17) is 4.98 Å². The summed E-state index contributed by atoms with van der Waals surface area (Å²) in [6.07, 6.45) is 4.41. The van der Waals surface area contributed by atoms with E-state index in [0.29, 0.717) is 49.6 Å². The number of pyridine rings is 1. The average Bonchev–Trinajstić information content (AvgIpc) is 3.00. The third-order valence-electron chi connectivity index (χ3n) is 8.54. The largest absolute Gasteiger partial charge is 0.384 e. The molecule has 45 heavy (non-hydrogen) atoms. The summed E-state index contributed by atoms with van der Waals surface area (Å²) >= 11 is 0. The molecule has 1 amide bonds. The molecular weight excluding hydrogens is 576 g/mol. The zero-order valence-electron chi connectivity index (χ0n) is 26.4. The van der Waals surface area contributed by atoms with Crippen LogP contribution in [-0.4, -0.2) is 63.8 Å². The van der Waals surface area contributed by atoms with Gasteiger partial charge in [0, 0.05) is 37.4 Å².